The minimum atomic E-state index is -3.63. The van der Waals surface area contributed by atoms with Crippen LogP contribution < -0.4 is 10.3 Å². The normalized spacial score (nSPS) is 25.3. The minimum absolute atomic E-state index is 0.0667. The van der Waals surface area contributed by atoms with Crippen molar-refractivity contribution in [3.8, 4) is 0 Å². The van der Waals surface area contributed by atoms with Crippen LogP contribution in [0.1, 0.15) is 66.4 Å². The van der Waals surface area contributed by atoms with E-state index in [2.05, 4.69) is 35.9 Å². The van der Waals surface area contributed by atoms with Crippen molar-refractivity contribution >= 4 is 10.2 Å². The third kappa shape index (κ3) is 5.46. The van der Waals surface area contributed by atoms with Crippen molar-refractivity contribution in [2.24, 2.45) is 0 Å². The highest BCUT2D eigenvalue weighted by Gasteiger charge is 2.35. The lowest BCUT2D eigenvalue weighted by Gasteiger charge is -2.37. The lowest BCUT2D eigenvalue weighted by atomic mass is 9.82. The molecule has 0 spiro atoms. The summed E-state index contributed by atoms with van der Waals surface area (Å²) in [7, 11) is -0.613. The lowest BCUT2D eigenvalue weighted by Crippen LogP contribution is -2.52. The van der Waals surface area contributed by atoms with Crippen molar-refractivity contribution in [1.29, 1.82) is 0 Å². The highest BCUT2D eigenvalue weighted by atomic mass is 32.2. The van der Waals surface area contributed by atoms with Gasteiger partial charge in [0, 0.05) is 31.4 Å². The Labute approximate surface area is 203 Å². The molecule has 0 bridgehead atoms. The quantitative estimate of drug-likeness (QED) is 0.649. The van der Waals surface area contributed by atoms with Gasteiger partial charge in [-0.2, -0.15) is 17.4 Å². The number of hydrogen-bond donors (Lipinski definition) is 1. The molecule has 2 heterocycles. The number of aromatic nitrogens is 1. The van der Waals surface area contributed by atoms with Crippen LogP contribution in [-0.2, 0) is 21.4 Å². The zero-order valence-electron chi connectivity index (χ0n) is 20.7. The molecule has 1 aromatic heterocycles. The molecule has 0 amide bonds. The van der Waals surface area contributed by atoms with Crippen LogP contribution in [0.15, 0.2) is 41.2 Å². The predicted molar refractivity (Wildman–Crippen MR) is 134 cm³/mol. The fraction of sp³-hybridized carbons (Fsp3) is 0.577. The summed E-state index contributed by atoms with van der Waals surface area (Å²) in [6, 6.07) is 11.8. The van der Waals surface area contributed by atoms with E-state index in [4.69, 9.17) is 4.74 Å². The summed E-state index contributed by atoms with van der Waals surface area (Å²) in [4.78, 5) is 13.1. The van der Waals surface area contributed by atoms with Crippen LogP contribution in [0.25, 0.3) is 0 Å². The molecule has 0 radical (unpaired) electrons. The minimum Gasteiger partial charge on any atom is -0.376 e. The molecule has 1 aliphatic carbocycles. The molecule has 7 nitrogen and oxygen atoms in total. The maximum Gasteiger partial charge on any atom is 0.279 e. The first kappa shape index (κ1) is 25.1. The van der Waals surface area contributed by atoms with E-state index in [1.807, 2.05) is 12.1 Å². The number of benzene rings is 1. The van der Waals surface area contributed by atoms with Crippen LogP contribution in [0, 0.1) is 13.8 Å². The van der Waals surface area contributed by atoms with Gasteiger partial charge >= 0.3 is 0 Å². The molecular formula is C26H37N3O4S. The Bertz CT molecular complexity index is 1170. The number of pyridine rings is 1. The molecule has 1 aromatic carbocycles. The molecule has 2 unspecified atom stereocenters. The predicted octanol–water partition coefficient (Wildman–Crippen LogP) is 3.46. The van der Waals surface area contributed by atoms with Gasteiger partial charge in [-0.05, 0) is 69.9 Å². The number of nitrogens with zero attached hydrogens (tertiary/aromatic N) is 2. The van der Waals surface area contributed by atoms with Gasteiger partial charge in [-0.15, -0.1) is 0 Å². The molecule has 1 saturated carbocycles. The first-order valence-electron chi connectivity index (χ1n) is 12.2. The number of hydrogen-bond acceptors (Lipinski definition) is 4. The topological polar surface area (TPSA) is 80.6 Å². The largest absolute Gasteiger partial charge is 0.376 e. The summed E-state index contributed by atoms with van der Waals surface area (Å²) >= 11 is 0. The Hall–Kier alpha value is -2.00. The summed E-state index contributed by atoms with van der Waals surface area (Å²) < 4.78 is 37.3. The van der Waals surface area contributed by atoms with Crippen molar-refractivity contribution in [1.82, 2.24) is 13.6 Å². The second-order valence-electron chi connectivity index (χ2n) is 10.0. The molecule has 2 atom stereocenters. The van der Waals surface area contributed by atoms with Crippen molar-refractivity contribution in [3.63, 3.8) is 0 Å². The fourth-order valence-electron chi connectivity index (χ4n) is 5.28. The molecule has 186 valence electrons. The maximum absolute atomic E-state index is 13.1. The van der Waals surface area contributed by atoms with Gasteiger partial charge in [0.1, 0.15) is 0 Å². The number of aryl methyl sites for hydroxylation is 3. The van der Waals surface area contributed by atoms with Crippen molar-refractivity contribution in [3.05, 3.63) is 69.1 Å². The SMILES string of the molecule is Cc1cccc(C2CCC(OCC3C(NS(=O)(=O)N(C)C)CCc4ccc(C)c(=O)n43)CC2)c1. The third-order valence-electron chi connectivity index (χ3n) is 7.37. The smallest absolute Gasteiger partial charge is 0.279 e. The van der Waals surface area contributed by atoms with E-state index in [0.29, 0.717) is 30.9 Å². The molecular weight excluding hydrogens is 450 g/mol. The van der Waals surface area contributed by atoms with E-state index in [9.17, 15) is 13.2 Å². The number of rotatable bonds is 7. The monoisotopic (exact) mass is 487 g/mol. The van der Waals surface area contributed by atoms with Gasteiger partial charge < -0.3 is 9.30 Å². The summed E-state index contributed by atoms with van der Waals surface area (Å²) in [5.74, 6) is 0.556. The Morgan fingerprint density at radius 1 is 1.06 bits per heavy atom. The fourth-order valence-corrected chi connectivity index (χ4v) is 6.15. The molecule has 4 rings (SSSR count). The molecule has 34 heavy (non-hydrogen) atoms. The molecule has 8 heteroatoms. The van der Waals surface area contributed by atoms with Gasteiger partial charge in [0.15, 0.2) is 0 Å². The molecule has 1 fully saturated rings. The summed E-state index contributed by atoms with van der Waals surface area (Å²) in [6.45, 7) is 4.25. The van der Waals surface area contributed by atoms with Crippen LogP contribution in [0.3, 0.4) is 0 Å². The van der Waals surface area contributed by atoms with Crippen molar-refractivity contribution in [2.45, 2.75) is 76.5 Å². The lowest BCUT2D eigenvalue weighted by molar-refractivity contribution is -0.00177. The second kappa shape index (κ2) is 10.3. The molecule has 1 aliphatic heterocycles. The van der Waals surface area contributed by atoms with Crippen molar-refractivity contribution in [2.75, 3.05) is 20.7 Å². The van der Waals surface area contributed by atoms with Gasteiger partial charge in [-0.25, -0.2) is 0 Å². The summed E-state index contributed by atoms with van der Waals surface area (Å²) in [6.07, 6.45) is 5.48. The first-order valence-corrected chi connectivity index (χ1v) is 13.7. The second-order valence-corrected chi connectivity index (χ2v) is 11.9. The first-order chi connectivity index (χ1) is 16.2. The number of nitrogens with one attached hydrogen (secondary N) is 1. The van der Waals surface area contributed by atoms with Gasteiger partial charge in [-0.1, -0.05) is 35.9 Å². The summed E-state index contributed by atoms with van der Waals surface area (Å²) in [5, 5.41) is 0. The maximum atomic E-state index is 13.1. The van der Waals surface area contributed by atoms with Crippen LogP contribution >= 0.6 is 0 Å². The zero-order valence-corrected chi connectivity index (χ0v) is 21.5. The molecule has 1 N–H and O–H groups in total. The Morgan fingerprint density at radius 2 is 1.79 bits per heavy atom. The van der Waals surface area contributed by atoms with Gasteiger partial charge in [0.25, 0.3) is 15.8 Å². The molecule has 2 aromatic rings. The van der Waals surface area contributed by atoms with Crippen LogP contribution in [-0.4, -0.2) is 50.1 Å². The van der Waals surface area contributed by atoms with E-state index in [0.717, 1.165) is 31.4 Å². The van der Waals surface area contributed by atoms with Crippen LogP contribution in [0.2, 0.25) is 0 Å². The van der Waals surface area contributed by atoms with E-state index >= 15 is 0 Å². The average molecular weight is 488 g/mol. The number of ether oxygens (including phenoxy) is 1. The Morgan fingerprint density at radius 3 is 2.47 bits per heavy atom. The molecule has 2 aliphatic rings. The van der Waals surface area contributed by atoms with Gasteiger partial charge in [0.05, 0.1) is 18.8 Å². The Balaban J connectivity index is 1.48. The van der Waals surface area contributed by atoms with Crippen molar-refractivity contribution < 1.29 is 13.2 Å². The van der Waals surface area contributed by atoms with E-state index in [1.165, 1.54) is 29.5 Å². The van der Waals surface area contributed by atoms with E-state index in [-0.39, 0.29) is 17.7 Å². The molecule has 0 saturated heterocycles. The highest BCUT2D eigenvalue weighted by molar-refractivity contribution is 7.87. The van der Waals surface area contributed by atoms with E-state index in [1.54, 1.807) is 11.5 Å². The highest BCUT2D eigenvalue weighted by Crippen LogP contribution is 2.35. The average Bonchev–Trinajstić information content (AvgIpc) is 2.81. The zero-order chi connectivity index (χ0) is 24.5. The third-order valence-corrected chi connectivity index (χ3v) is 8.93. The summed E-state index contributed by atoms with van der Waals surface area (Å²) in [5.41, 5.74) is 4.22. The standard InChI is InChI=1S/C26H37N3O4S/c1-18-6-5-7-21(16-18)20-9-13-23(14-10-20)33-17-25-24(27-34(31,32)28(3)4)15-12-22-11-8-19(2)26(30)29(22)25/h5-8,11,16,20,23-25,27H,9-10,12-15,17H2,1-4H3. The van der Waals surface area contributed by atoms with Crippen LogP contribution in [0.4, 0.5) is 0 Å². The Kier molecular flexibility index (Phi) is 7.62. The number of fused-ring (bicyclic) bond motifs is 1. The van der Waals surface area contributed by atoms with Gasteiger partial charge in [-0.3, -0.25) is 4.79 Å². The van der Waals surface area contributed by atoms with E-state index < -0.39 is 16.3 Å². The van der Waals surface area contributed by atoms with Crippen LogP contribution in [0.5, 0.6) is 0 Å². The van der Waals surface area contributed by atoms with Gasteiger partial charge in [0.2, 0.25) is 0 Å².